The third-order valence-corrected chi connectivity index (χ3v) is 6.30. The van der Waals surface area contributed by atoms with Gasteiger partial charge >= 0.3 is 0 Å². The van der Waals surface area contributed by atoms with Crippen LogP contribution in [0.4, 0.5) is 11.6 Å². The van der Waals surface area contributed by atoms with Crippen LogP contribution in [0.25, 0.3) is 22.2 Å². The lowest BCUT2D eigenvalue weighted by atomic mass is 10.1. The zero-order valence-electron chi connectivity index (χ0n) is 18.2. The summed E-state index contributed by atoms with van der Waals surface area (Å²) in [5, 5.41) is 13.9. The number of benzene rings is 2. The molecular weight excluding hydrogens is 477 g/mol. The Morgan fingerprint density at radius 3 is 2.50 bits per heavy atom. The Morgan fingerprint density at radius 1 is 1.15 bits per heavy atom. The first-order chi connectivity index (χ1) is 16.4. The molecule has 1 aliphatic heterocycles. The van der Waals surface area contributed by atoms with Crippen LogP contribution < -0.4 is 15.7 Å². The third kappa shape index (κ3) is 4.33. The topological polar surface area (TPSA) is 92.5 Å². The van der Waals surface area contributed by atoms with Gasteiger partial charge in [-0.1, -0.05) is 41.4 Å². The van der Waals surface area contributed by atoms with Crippen LogP contribution in [0.3, 0.4) is 0 Å². The minimum absolute atomic E-state index is 0.215. The molecule has 8 nitrogen and oxygen atoms in total. The van der Waals surface area contributed by atoms with Crippen molar-refractivity contribution in [2.75, 3.05) is 25.5 Å². The van der Waals surface area contributed by atoms with Gasteiger partial charge in [0.25, 0.3) is 5.56 Å². The Morgan fingerprint density at radius 2 is 1.85 bits per heavy atom. The second kappa shape index (κ2) is 9.23. The number of β-amino-alcohol motifs (C(OH)–C–C–N with tert-alkyl or cyclic N) is 1. The molecule has 0 bridgehead atoms. The number of aliphatic hydroxyl groups excluding tert-OH is 1. The molecule has 0 unspecified atom stereocenters. The molecule has 1 fully saturated rings. The quantitative estimate of drug-likeness (QED) is 0.419. The molecule has 0 atom stereocenters. The molecule has 34 heavy (non-hydrogen) atoms. The van der Waals surface area contributed by atoms with Crippen molar-refractivity contribution in [3.8, 4) is 11.1 Å². The summed E-state index contributed by atoms with van der Waals surface area (Å²) in [6, 6.07) is 14.6. The van der Waals surface area contributed by atoms with Gasteiger partial charge < -0.3 is 15.3 Å². The Kier molecular flexibility index (Phi) is 6.14. The monoisotopic (exact) mass is 497 g/mol. The van der Waals surface area contributed by atoms with Crippen molar-refractivity contribution in [2.24, 2.45) is 0 Å². The predicted octanol–water partition coefficient (Wildman–Crippen LogP) is 3.74. The van der Waals surface area contributed by atoms with Crippen LogP contribution in [0.15, 0.2) is 59.5 Å². The Balaban J connectivity index is 1.45. The van der Waals surface area contributed by atoms with E-state index in [2.05, 4.69) is 20.2 Å². The number of rotatable bonds is 6. The number of hydrogen-bond donors (Lipinski definition) is 2. The molecule has 5 rings (SSSR count). The van der Waals surface area contributed by atoms with E-state index in [1.807, 2.05) is 24.3 Å². The van der Waals surface area contributed by atoms with Gasteiger partial charge in [-0.05, 0) is 35.9 Å². The summed E-state index contributed by atoms with van der Waals surface area (Å²) in [4.78, 5) is 29.6. The fourth-order valence-corrected chi connectivity index (χ4v) is 4.59. The van der Waals surface area contributed by atoms with Crippen molar-refractivity contribution in [3.05, 3.63) is 80.7 Å². The summed E-state index contributed by atoms with van der Waals surface area (Å²) >= 11 is 12.7. The molecule has 0 aliphatic carbocycles. The molecule has 2 aromatic heterocycles. The van der Waals surface area contributed by atoms with E-state index in [9.17, 15) is 9.90 Å². The van der Waals surface area contributed by atoms with Crippen LogP contribution in [-0.2, 0) is 6.54 Å². The third-order valence-electron chi connectivity index (χ3n) is 5.67. The Labute approximate surface area is 205 Å². The number of aliphatic hydroxyl groups is 1. The molecule has 4 aromatic rings. The number of pyridine rings is 1. The maximum atomic E-state index is 13.2. The van der Waals surface area contributed by atoms with Gasteiger partial charge in [0.15, 0.2) is 5.65 Å². The van der Waals surface area contributed by atoms with Crippen LogP contribution in [0.1, 0.15) is 5.56 Å². The summed E-state index contributed by atoms with van der Waals surface area (Å²) in [5.74, 6) is 0.319. The van der Waals surface area contributed by atoms with E-state index in [-0.39, 0.29) is 6.10 Å². The van der Waals surface area contributed by atoms with Crippen molar-refractivity contribution in [2.45, 2.75) is 12.6 Å². The molecule has 174 valence electrons. The smallest absolute Gasteiger partial charge is 0.293 e. The van der Waals surface area contributed by atoms with E-state index in [0.717, 1.165) is 22.5 Å². The second-order valence-corrected chi connectivity index (χ2v) is 8.89. The molecular formula is C24H21Cl2N5O3. The maximum absolute atomic E-state index is 13.2. The normalized spacial score (nSPS) is 14.2. The van der Waals surface area contributed by atoms with E-state index in [1.54, 1.807) is 30.5 Å². The number of nitrogens with one attached hydrogen (secondary N) is 1. The first-order valence-corrected chi connectivity index (χ1v) is 11.4. The Hall–Kier alpha value is -3.17. The van der Waals surface area contributed by atoms with Gasteiger partial charge in [0.05, 0.1) is 21.7 Å². The number of nitrogens with zero attached hydrogens (tertiary/aromatic N) is 4. The van der Waals surface area contributed by atoms with Crippen molar-refractivity contribution in [1.82, 2.24) is 19.6 Å². The lowest BCUT2D eigenvalue weighted by Crippen LogP contribution is -2.49. The highest BCUT2D eigenvalue weighted by Gasteiger charge is 2.23. The molecule has 0 spiro atoms. The van der Waals surface area contributed by atoms with Crippen molar-refractivity contribution < 1.29 is 9.94 Å². The minimum Gasteiger partial charge on any atom is -0.412 e. The summed E-state index contributed by atoms with van der Waals surface area (Å²) < 4.78 is 1.10. The van der Waals surface area contributed by atoms with Crippen LogP contribution in [0.2, 0.25) is 10.0 Å². The number of hydrogen-bond acceptors (Lipinski definition) is 7. The summed E-state index contributed by atoms with van der Waals surface area (Å²) in [5.41, 5.74) is 2.55. The molecule has 1 saturated heterocycles. The fraction of sp³-hybridized carbons (Fsp3) is 0.208. The predicted molar refractivity (Wildman–Crippen MR) is 133 cm³/mol. The van der Waals surface area contributed by atoms with Crippen LogP contribution in [-0.4, -0.2) is 51.0 Å². The van der Waals surface area contributed by atoms with Gasteiger partial charge in [-0.3, -0.25) is 9.69 Å². The molecule has 0 amide bonds. The van der Waals surface area contributed by atoms with Crippen LogP contribution >= 0.6 is 23.2 Å². The van der Waals surface area contributed by atoms with E-state index >= 15 is 0 Å². The van der Waals surface area contributed by atoms with Gasteiger partial charge in [0.1, 0.15) is 7.11 Å². The molecule has 1 aliphatic rings. The average molecular weight is 498 g/mol. The first-order valence-electron chi connectivity index (χ1n) is 10.6. The van der Waals surface area contributed by atoms with Gasteiger partial charge in [0.2, 0.25) is 5.95 Å². The number of halogens is 2. The van der Waals surface area contributed by atoms with E-state index < -0.39 is 5.56 Å². The molecule has 0 saturated carbocycles. The first kappa shape index (κ1) is 22.6. The lowest BCUT2D eigenvalue weighted by molar-refractivity contribution is -0.00286. The standard InChI is InChI=1S/C24H21Cl2N5O3/c1-34-31-22-15(9-18(23(31)33)21-19(25)3-2-4-20(21)26)10-27-24(29-22)28-16-7-5-14(6-8-16)11-30-12-17(32)13-30/h2-10,17,32H,11-13H2,1H3,(H,27,28,29). The highest BCUT2D eigenvalue weighted by Crippen LogP contribution is 2.33. The van der Waals surface area contributed by atoms with Gasteiger partial charge in [-0.25, -0.2) is 4.98 Å². The zero-order valence-corrected chi connectivity index (χ0v) is 19.7. The van der Waals surface area contributed by atoms with Crippen LogP contribution in [0, 0.1) is 0 Å². The number of fused-ring (bicyclic) bond motifs is 1. The Bertz CT molecular complexity index is 1400. The van der Waals surface area contributed by atoms with Crippen molar-refractivity contribution in [1.29, 1.82) is 0 Å². The van der Waals surface area contributed by atoms with E-state index in [0.29, 0.717) is 51.2 Å². The SMILES string of the molecule is COn1c(=O)c(-c2c(Cl)cccc2Cl)cc2cnc(Nc3ccc(CN4CC(O)C4)cc3)nc21. The second-order valence-electron chi connectivity index (χ2n) is 8.08. The van der Waals surface area contributed by atoms with Gasteiger partial charge in [-0.15, -0.1) is 4.73 Å². The largest absolute Gasteiger partial charge is 0.412 e. The number of anilines is 2. The summed E-state index contributed by atoms with van der Waals surface area (Å²) in [6.45, 7) is 2.20. The molecule has 3 heterocycles. The fourth-order valence-electron chi connectivity index (χ4n) is 3.99. The van der Waals surface area contributed by atoms with Crippen molar-refractivity contribution in [3.63, 3.8) is 0 Å². The highest BCUT2D eigenvalue weighted by atomic mass is 35.5. The maximum Gasteiger partial charge on any atom is 0.293 e. The average Bonchev–Trinajstić information content (AvgIpc) is 2.80. The molecule has 10 heteroatoms. The lowest BCUT2D eigenvalue weighted by Gasteiger charge is -2.35. The molecule has 2 N–H and O–H groups in total. The minimum atomic E-state index is -0.435. The van der Waals surface area contributed by atoms with E-state index in [1.165, 1.54) is 7.11 Å². The van der Waals surface area contributed by atoms with Gasteiger partial charge in [0, 0.05) is 42.5 Å². The highest BCUT2D eigenvalue weighted by molar-refractivity contribution is 6.39. The van der Waals surface area contributed by atoms with E-state index in [4.69, 9.17) is 28.0 Å². The summed E-state index contributed by atoms with van der Waals surface area (Å²) in [6.07, 6.45) is 1.39. The summed E-state index contributed by atoms with van der Waals surface area (Å²) in [7, 11) is 1.39. The van der Waals surface area contributed by atoms with Crippen molar-refractivity contribution >= 4 is 45.9 Å². The number of aromatic nitrogens is 3. The van der Waals surface area contributed by atoms with Crippen LogP contribution in [0.5, 0.6) is 0 Å². The van der Waals surface area contributed by atoms with Gasteiger partial charge in [-0.2, -0.15) is 4.98 Å². The molecule has 2 aromatic carbocycles. The zero-order chi connectivity index (χ0) is 23.8. The number of likely N-dealkylation sites (tertiary alicyclic amines) is 1. The molecule has 0 radical (unpaired) electrons.